The Hall–Kier alpha value is -5.15. The summed E-state index contributed by atoms with van der Waals surface area (Å²) < 4.78 is 18.7. The van der Waals surface area contributed by atoms with E-state index in [4.69, 9.17) is 37.4 Å². The van der Waals surface area contributed by atoms with Crippen LogP contribution in [0, 0.1) is 18.3 Å². The van der Waals surface area contributed by atoms with Gasteiger partial charge in [0.1, 0.15) is 48.2 Å². The maximum absolute atomic E-state index is 11.8. The van der Waals surface area contributed by atoms with Gasteiger partial charge >= 0.3 is 5.97 Å². The number of aliphatic hydroxyl groups is 1. The lowest BCUT2D eigenvalue weighted by Gasteiger charge is -2.25. The summed E-state index contributed by atoms with van der Waals surface area (Å²) in [5.74, 6) is 0.368. The van der Waals surface area contributed by atoms with E-state index in [1.54, 1.807) is 24.4 Å². The molecule has 1 atom stereocenters. The molecule has 1 saturated heterocycles. The highest BCUT2D eigenvalue weighted by molar-refractivity contribution is 6.36. The number of nitriles is 1. The minimum absolute atomic E-state index is 0.0203. The summed E-state index contributed by atoms with van der Waals surface area (Å²) in [7, 11) is 0. The number of pyridine rings is 1. The molecule has 0 amide bonds. The average Bonchev–Trinajstić information content (AvgIpc) is 3.20. The SMILES string of the molecule is Cc1c(COc2cc(OCc3cncc(C#N)c3)c(CN[C@@](C)(CO)C(=O)O)cc2Cl)cccc1-c1cccc(-c2ccc(OC3CCNCC3)cc2)c1Cl. The van der Waals surface area contributed by atoms with E-state index < -0.39 is 18.1 Å². The van der Waals surface area contributed by atoms with Crippen molar-refractivity contribution in [2.24, 2.45) is 0 Å². The number of nitrogens with one attached hydrogen (secondary N) is 2. The zero-order valence-corrected chi connectivity index (χ0v) is 32.1. The first kappa shape index (κ1) is 39.5. The topological polar surface area (TPSA) is 146 Å². The van der Waals surface area contributed by atoms with Gasteiger partial charge in [-0.3, -0.25) is 15.1 Å². The Labute approximate surface area is 330 Å². The standard InChI is InChI=1S/C43H42Cl2N4O6/c1-27-31(5-3-6-35(27)37-8-4-7-36(41(37)45)30-9-11-33(12-10-30)55-34-13-15-47-16-14-34)25-54-40-19-39(53-24-29-17-28(20-46)21-48-22-29)32(18-38(40)44)23-49-43(2,26-50)42(51)52/h3-12,17-19,21-22,34,47,49-50H,13-16,23-26H2,1-2H3,(H,51,52)/t43-/m0/s1. The molecule has 4 N–H and O–H groups in total. The van der Waals surface area contributed by atoms with Crippen molar-refractivity contribution in [2.75, 3.05) is 19.7 Å². The third-order valence-corrected chi connectivity index (χ3v) is 10.5. The second kappa shape index (κ2) is 18.0. The van der Waals surface area contributed by atoms with E-state index in [2.05, 4.69) is 21.7 Å². The molecule has 1 aliphatic heterocycles. The van der Waals surface area contributed by atoms with Crippen molar-refractivity contribution in [3.63, 3.8) is 0 Å². The molecule has 2 heterocycles. The molecule has 10 nitrogen and oxygen atoms in total. The summed E-state index contributed by atoms with van der Waals surface area (Å²) in [6.07, 6.45) is 5.26. The molecule has 0 saturated carbocycles. The Morgan fingerprint density at radius 3 is 2.38 bits per heavy atom. The third kappa shape index (κ3) is 9.57. The third-order valence-electron chi connectivity index (χ3n) is 9.76. The number of ether oxygens (including phenoxy) is 3. The minimum atomic E-state index is -1.60. The van der Waals surface area contributed by atoms with Gasteiger partial charge in [-0.25, -0.2) is 0 Å². The highest BCUT2D eigenvalue weighted by Crippen LogP contribution is 2.40. The number of hydrogen-bond donors (Lipinski definition) is 4. The number of hydrogen-bond acceptors (Lipinski definition) is 9. The van der Waals surface area contributed by atoms with E-state index in [0.717, 1.165) is 65.1 Å². The fraction of sp³-hybridized carbons (Fsp3) is 0.279. The van der Waals surface area contributed by atoms with Crippen LogP contribution in [0.1, 0.15) is 47.6 Å². The van der Waals surface area contributed by atoms with Gasteiger partial charge in [-0.15, -0.1) is 0 Å². The van der Waals surface area contributed by atoms with Gasteiger partial charge in [0.2, 0.25) is 0 Å². The fourth-order valence-corrected chi connectivity index (χ4v) is 6.88. The summed E-state index contributed by atoms with van der Waals surface area (Å²) in [6, 6.07) is 27.1. The number of aromatic nitrogens is 1. The van der Waals surface area contributed by atoms with Crippen LogP contribution in [-0.2, 0) is 24.6 Å². The fourth-order valence-electron chi connectivity index (χ4n) is 6.31. The number of benzene rings is 4. The molecular formula is C43H42Cl2N4O6. The molecule has 1 fully saturated rings. The van der Waals surface area contributed by atoms with Gasteiger partial charge in [0.15, 0.2) is 0 Å². The Kier molecular flexibility index (Phi) is 12.9. The van der Waals surface area contributed by atoms with Crippen molar-refractivity contribution in [3.8, 4) is 45.6 Å². The maximum atomic E-state index is 11.8. The Morgan fingerprint density at radius 1 is 0.945 bits per heavy atom. The number of halogens is 2. The highest BCUT2D eigenvalue weighted by Gasteiger charge is 2.32. The molecule has 0 spiro atoms. The van der Waals surface area contributed by atoms with Crippen molar-refractivity contribution in [3.05, 3.63) is 129 Å². The van der Waals surface area contributed by atoms with Gasteiger partial charge in [0.25, 0.3) is 0 Å². The molecule has 0 unspecified atom stereocenters. The van der Waals surface area contributed by atoms with Crippen molar-refractivity contribution in [2.45, 2.75) is 58.1 Å². The van der Waals surface area contributed by atoms with Crippen LogP contribution in [0.4, 0.5) is 0 Å². The predicted octanol–water partition coefficient (Wildman–Crippen LogP) is 8.12. The van der Waals surface area contributed by atoms with Gasteiger partial charge in [0.05, 0.1) is 22.2 Å². The number of carbonyl (C=O) groups is 1. The van der Waals surface area contributed by atoms with Crippen LogP contribution in [0.25, 0.3) is 22.3 Å². The summed E-state index contributed by atoms with van der Waals surface area (Å²) in [6.45, 7) is 5.00. The largest absolute Gasteiger partial charge is 0.490 e. The number of aliphatic carboxylic acids is 1. The average molecular weight is 782 g/mol. The van der Waals surface area contributed by atoms with Gasteiger partial charge in [-0.05, 0) is 86.3 Å². The molecule has 1 aliphatic rings. The van der Waals surface area contributed by atoms with Crippen LogP contribution < -0.4 is 24.8 Å². The van der Waals surface area contributed by atoms with E-state index in [0.29, 0.717) is 33.2 Å². The van der Waals surface area contributed by atoms with Crippen LogP contribution in [-0.4, -0.2) is 52.5 Å². The first-order chi connectivity index (χ1) is 26.6. The quantitative estimate of drug-likeness (QED) is 0.0822. The van der Waals surface area contributed by atoms with Crippen molar-refractivity contribution < 1.29 is 29.2 Å². The van der Waals surface area contributed by atoms with Crippen LogP contribution in [0.15, 0.2) is 91.3 Å². The molecular weight excluding hydrogens is 739 g/mol. The van der Waals surface area contributed by atoms with Crippen LogP contribution in [0.5, 0.6) is 17.2 Å². The summed E-state index contributed by atoms with van der Waals surface area (Å²) in [4.78, 5) is 15.9. The summed E-state index contributed by atoms with van der Waals surface area (Å²) in [5.41, 5.74) is 5.67. The molecule has 0 bridgehead atoms. The molecule has 5 aromatic rings. The molecule has 4 aromatic carbocycles. The molecule has 0 aliphatic carbocycles. The zero-order chi connectivity index (χ0) is 39.0. The van der Waals surface area contributed by atoms with Gasteiger partial charge in [0, 0.05) is 47.3 Å². The number of aliphatic hydroxyl groups excluding tert-OH is 1. The zero-order valence-electron chi connectivity index (χ0n) is 30.6. The van der Waals surface area contributed by atoms with Gasteiger partial charge < -0.3 is 29.7 Å². The minimum Gasteiger partial charge on any atom is -0.490 e. The summed E-state index contributed by atoms with van der Waals surface area (Å²) >= 11 is 13.9. The normalized spacial score (nSPS) is 14.1. The van der Waals surface area contributed by atoms with Crippen LogP contribution in [0.2, 0.25) is 10.0 Å². The number of piperidine rings is 1. The Balaban J connectivity index is 1.22. The second-order valence-corrected chi connectivity index (χ2v) is 14.4. The number of nitrogens with zero attached hydrogens (tertiary/aromatic N) is 2. The maximum Gasteiger partial charge on any atom is 0.326 e. The predicted molar refractivity (Wildman–Crippen MR) is 213 cm³/mol. The smallest absolute Gasteiger partial charge is 0.326 e. The lowest BCUT2D eigenvalue weighted by atomic mass is 9.94. The Bertz CT molecular complexity index is 2190. The molecule has 284 valence electrons. The molecule has 0 radical (unpaired) electrons. The summed E-state index contributed by atoms with van der Waals surface area (Å²) in [5, 5.41) is 35.9. The number of carboxylic acid groups (broad SMARTS) is 1. The Morgan fingerprint density at radius 2 is 1.65 bits per heavy atom. The van der Waals surface area contributed by atoms with Gasteiger partial charge in [-0.1, -0.05) is 71.7 Å². The highest BCUT2D eigenvalue weighted by atomic mass is 35.5. The first-order valence-electron chi connectivity index (χ1n) is 17.9. The van der Waals surface area contributed by atoms with Crippen molar-refractivity contribution in [1.29, 1.82) is 5.26 Å². The number of carboxylic acids is 1. The van der Waals surface area contributed by atoms with E-state index in [9.17, 15) is 20.3 Å². The number of rotatable bonds is 15. The molecule has 55 heavy (non-hydrogen) atoms. The lowest BCUT2D eigenvalue weighted by molar-refractivity contribution is -0.145. The first-order valence-corrected chi connectivity index (χ1v) is 18.7. The van der Waals surface area contributed by atoms with Crippen LogP contribution >= 0.6 is 23.2 Å². The van der Waals surface area contributed by atoms with Crippen LogP contribution in [0.3, 0.4) is 0 Å². The van der Waals surface area contributed by atoms with E-state index >= 15 is 0 Å². The van der Waals surface area contributed by atoms with E-state index in [1.807, 2.05) is 67.6 Å². The monoisotopic (exact) mass is 780 g/mol. The van der Waals surface area contributed by atoms with Crippen molar-refractivity contribution in [1.82, 2.24) is 15.6 Å². The second-order valence-electron chi connectivity index (χ2n) is 13.7. The molecule has 6 rings (SSSR count). The lowest BCUT2D eigenvalue weighted by Crippen LogP contribution is -2.52. The van der Waals surface area contributed by atoms with E-state index in [-0.39, 0.29) is 30.9 Å². The molecule has 1 aromatic heterocycles. The van der Waals surface area contributed by atoms with Gasteiger partial charge in [-0.2, -0.15) is 5.26 Å². The van der Waals surface area contributed by atoms with Crippen molar-refractivity contribution >= 4 is 29.2 Å². The van der Waals surface area contributed by atoms with E-state index in [1.165, 1.54) is 13.1 Å². The molecule has 12 heteroatoms.